The van der Waals surface area contributed by atoms with Crippen molar-refractivity contribution in [2.24, 2.45) is 0 Å². The Morgan fingerprint density at radius 3 is 2.53 bits per heavy atom. The number of carboxylic acid groups (broad SMARTS) is 1. The standard InChI is InChI=1S/C28H26FNO3S/c29-23-13-9-21-10-14-24(30-26(21)17-23)18-33-25-15-11-22(12-16-25)27(34-19-28(31)32)8-4-7-20-5-2-1-3-6-20/h1-3,5-6,9-17,27H,4,7-8,18-19H2,(H,31,32). The minimum Gasteiger partial charge on any atom is -0.487 e. The molecule has 1 N–H and O–H groups in total. The van der Waals surface area contributed by atoms with Crippen LogP contribution in [0.1, 0.15) is 34.9 Å². The fraction of sp³-hybridized carbons (Fsp3) is 0.214. The van der Waals surface area contributed by atoms with Crippen LogP contribution >= 0.6 is 11.8 Å². The molecule has 0 aliphatic carbocycles. The molecule has 1 atom stereocenters. The Balaban J connectivity index is 1.37. The first kappa shape index (κ1) is 23.8. The Kier molecular flexibility index (Phi) is 8.15. The number of rotatable bonds is 11. The van der Waals surface area contributed by atoms with Gasteiger partial charge in [-0.2, -0.15) is 0 Å². The zero-order chi connectivity index (χ0) is 23.8. The monoisotopic (exact) mass is 475 g/mol. The van der Waals surface area contributed by atoms with E-state index < -0.39 is 5.97 Å². The topological polar surface area (TPSA) is 59.4 Å². The van der Waals surface area contributed by atoms with Crippen LogP contribution in [0.4, 0.5) is 4.39 Å². The van der Waals surface area contributed by atoms with Gasteiger partial charge in [-0.25, -0.2) is 9.37 Å². The minimum absolute atomic E-state index is 0.0719. The van der Waals surface area contributed by atoms with Crippen LogP contribution in [0.2, 0.25) is 0 Å². The SMILES string of the molecule is O=C(O)CSC(CCCc1ccccc1)c1ccc(OCc2ccc3ccc(F)cc3n2)cc1. The van der Waals surface area contributed by atoms with E-state index in [1.54, 1.807) is 6.07 Å². The van der Waals surface area contributed by atoms with Crippen LogP contribution in [0.3, 0.4) is 0 Å². The number of pyridine rings is 1. The maximum absolute atomic E-state index is 13.5. The van der Waals surface area contributed by atoms with Crippen LogP contribution in [-0.4, -0.2) is 21.8 Å². The minimum atomic E-state index is -0.805. The Hall–Kier alpha value is -3.38. The highest BCUT2D eigenvalue weighted by molar-refractivity contribution is 8.00. The summed E-state index contributed by atoms with van der Waals surface area (Å²) >= 11 is 1.46. The highest BCUT2D eigenvalue weighted by atomic mass is 32.2. The summed E-state index contributed by atoms with van der Waals surface area (Å²) in [6.07, 6.45) is 2.84. The predicted octanol–water partition coefficient (Wildman–Crippen LogP) is 6.83. The zero-order valence-corrected chi connectivity index (χ0v) is 19.5. The van der Waals surface area contributed by atoms with E-state index in [2.05, 4.69) is 17.1 Å². The largest absolute Gasteiger partial charge is 0.487 e. The fourth-order valence-corrected chi connectivity index (χ4v) is 4.83. The molecular weight excluding hydrogens is 449 g/mol. The molecule has 1 heterocycles. The number of aliphatic carboxylic acids is 1. The Bertz CT molecular complexity index is 1230. The van der Waals surface area contributed by atoms with Gasteiger partial charge in [0.15, 0.2) is 0 Å². The smallest absolute Gasteiger partial charge is 0.313 e. The van der Waals surface area contributed by atoms with Gasteiger partial charge in [-0.3, -0.25) is 4.79 Å². The summed E-state index contributed by atoms with van der Waals surface area (Å²) in [6.45, 7) is 0.278. The number of carboxylic acids is 1. The van der Waals surface area contributed by atoms with Gasteiger partial charge in [0.25, 0.3) is 0 Å². The first-order chi connectivity index (χ1) is 16.6. The van der Waals surface area contributed by atoms with E-state index in [1.165, 1.54) is 29.5 Å². The number of aromatic nitrogens is 1. The van der Waals surface area contributed by atoms with Gasteiger partial charge in [0.2, 0.25) is 0 Å². The van der Waals surface area contributed by atoms with Crippen molar-refractivity contribution in [3.63, 3.8) is 0 Å². The summed E-state index contributed by atoms with van der Waals surface area (Å²) in [4.78, 5) is 15.6. The molecule has 1 aromatic heterocycles. The number of carbonyl (C=O) groups is 1. The van der Waals surface area contributed by atoms with E-state index in [9.17, 15) is 9.18 Å². The number of hydrogen-bond acceptors (Lipinski definition) is 4. The van der Waals surface area contributed by atoms with E-state index in [1.807, 2.05) is 54.6 Å². The van der Waals surface area contributed by atoms with Gasteiger partial charge in [0, 0.05) is 16.7 Å². The summed E-state index contributed by atoms with van der Waals surface area (Å²) in [5.41, 5.74) is 3.70. The molecule has 1 unspecified atom stereocenters. The lowest BCUT2D eigenvalue weighted by Gasteiger charge is -2.17. The summed E-state index contributed by atoms with van der Waals surface area (Å²) in [5.74, 6) is -0.340. The highest BCUT2D eigenvalue weighted by Crippen LogP contribution is 2.34. The van der Waals surface area contributed by atoms with Crippen LogP contribution in [-0.2, 0) is 17.8 Å². The Morgan fingerprint density at radius 2 is 1.76 bits per heavy atom. The van der Waals surface area contributed by atoms with Gasteiger partial charge in [-0.05, 0) is 60.7 Å². The molecule has 174 valence electrons. The number of halogens is 1. The summed E-state index contributed by atoms with van der Waals surface area (Å²) < 4.78 is 19.4. The molecule has 0 fully saturated rings. The third-order valence-electron chi connectivity index (χ3n) is 5.53. The van der Waals surface area contributed by atoms with Gasteiger partial charge in [-0.1, -0.05) is 48.5 Å². The molecule has 4 rings (SSSR count). The Morgan fingerprint density at radius 1 is 1.00 bits per heavy atom. The number of thioether (sulfide) groups is 1. The second-order valence-corrected chi connectivity index (χ2v) is 9.26. The van der Waals surface area contributed by atoms with Crippen molar-refractivity contribution in [3.8, 4) is 5.75 Å². The Labute approximate surface area is 202 Å². The third-order valence-corrected chi connectivity index (χ3v) is 6.86. The maximum Gasteiger partial charge on any atom is 0.313 e. The molecule has 0 saturated heterocycles. The predicted molar refractivity (Wildman–Crippen MR) is 135 cm³/mol. The normalized spacial score (nSPS) is 11.9. The van der Waals surface area contributed by atoms with E-state index in [0.717, 1.165) is 35.9 Å². The number of aryl methyl sites for hydroxylation is 1. The van der Waals surface area contributed by atoms with Gasteiger partial charge >= 0.3 is 5.97 Å². The molecule has 6 heteroatoms. The first-order valence-electron chi connectivity index (χ1n) is 11.2. The van der Waals surface area contributed by atoms with Crippen molar-refractivity contribution in [2.45, 2.75) is 31.1 Å². The van der Waals surface area contributed by atoms with Crippen LogP contribution in [0.25, 0.3) is 10.9 Å². The summed E-state index contributed by atoms with van der Waals surface area (Å²) in [7, 11) is 0. The number of fused-ring (bicyclic) bond motifs is 1. The molecule has 4 nitrogen and oxygen atoms in total. The molecule has 0 saturated carbocycles. The molecule has 3 aromatic carbocycles. The van der Waals surface area contributed by atoms with E-state index >= 15 is 0 Å². The van der Waals surface area contributed by atoms with Crippen molar-refractivity contribution in [1.82, 2.24) is 4.98 Å². The maximum atomic E-state index is 13.5. The number of benzene rings is 3. The lowest BCUT2D eigenvalue weighted by molar-refractivity contribution is -0.133. The first-order valence-corrected chi connectivity index (χ1v) is 12.3. The van der Waals surface area contributed by atoms with Crippen LogP contribution in [0.15, 0.2) is 84.9 Å². The van der Waals surface area contributed by atoms with Crippen LogP contribution in [0.5, 0.6) is 5.75 Å². The second-order valence-electron chi connectivity index (χ2n) is 8.07. The average Bonchev–Trinajstić information content (AvgIpc) is 2.85. The quantitative estimate of drug-likeness (QED) is 0.257. The molecule has 0 aliphatic rings. The van der Waals surface area contributed by atoms with Crippen LogP contribution in [0, 0.1) is 5.82 Å². The number of nitrogens with zero attached hydrogens (tertiary/aromatic N) is 1. The molecule has 0 spiro atoms. The summed E-state index contributed by atoms with van der Waals surface area (Å²) in [6, 6.07) is 26.5. The van der Waals surface area contributed by atoms with Crippen molar-refractivity contribution in [1.29, 1.82) is 0 Å². The lowest BCUT2D eigenvalue weighted by Crippen LogP contribution is -2.04. The van der Waals surface area contributed by atoms with Gasteiger partial charge < -0.3 is 9.84 Å². The molecular formula is C28H26FNO3S. The number of hydrogen-bond donors (Lipinski definition) is 1. The van der Waals surface area contributed by atoms with Gasteiger partial charge in [0.05, 0.1) is 17.0 Å². The molecule has 4 aromatic rings. The third kappa shape index (κ3) is 6.81. The van der Waals surface area contributed by atoms with Crippen molar-refractivity contribution >= 4 is 28.6 Å². The molecule has 0 amide bonds. The highest BCUT2D eigenvalue weighted by Gasteiger charge is 2.14. The molecule has 0 bridgehead atoms. The van der Waals surface area contributed by atoms with Crippen molar-refractivity contribution in [3.05, 3.63) is 108 Å². The zero-order valence-electron chi connectivity index (χ0n) is 18.7. The number of ether oxygens (including phenoxy) is 1. The van der Waals surface area contributed by atoms with Crippen molar-refractivity contribution in [2.75, 3.05) is 5.75 Å². The molecule has 0 radical (unpaired) electrons. The summed E-state index contributed by atoms with van der Waals surface area (Å²) in [5, 5.41) is 10.1. The van der Waals surface area contributed by atoms with Crippen LogP contribution < -0.4 is 4.74 Å². The van der Waals surface area contributed by atoms with Gasteiger partial charge in [-0.15, -0.1) is 11.8 Å². The van der Waals surface area contributed by atoms with E-state index in [0.29, 0.717) is 11.3 Å². The fourth-order valence-electron chi connectivity index (χ4n) is 3.80. The van der Waals surface area contributed by atoms with Crippen molar-refractivity contribution < 1.29 is 19.0 Å². The van der Waals surface area contributed by atoms with E-state index in [-0.39, 0.29) is 23.4 Å². The van der Waals surface area contributed by atoms with E-state index in [4.69, 9.17) is 9.84 Å². The van der Waals surface area contributed by atoms with Gasteiger partial charge in [0.1, 0.15) is 18.2 Å². The molecule has 34 heavy (non-hydrogen) atoms. The lowest BCUT2D eigenvalue weighted by atomic mass is 10.0. The second kappa shape index (κ2) is 11.7. The average molecular weight is 476 g/mol. The molecule has 0 aliphatic heterocycles.